The van der Waals surface area contributed by atoms with Gasteiger partial charge in [-0.2, -0.15) is 0 Å². The van der Waals surface area contributed by atoms with Crippen LogP contribution in [0.3, 0.4) is 0 Å². The summed E-state index contributed by atoms with van der Waals surface area (Å²) in [6.07, 6.45) is 5.38. The average Bonchev–Trinajstić information content (AvgIpc) is 3.59. The quantitative estimate of drug-likeness (QED) is 0.139. The molecule has 44 heavy (non-hydrogen) atoms. The first-order valence-corrected chi connectivity index (χ1v) is 13.9. The maximum absolute atomic E-state index is 11.6. The summed E-state index contributed by atoms with van der Waals surface area (Å²) < 4.78 is 1.79. The summed E-state index contributed by atoms with van der Waals surface area (Å²) in [6.45, 7) is 16.0. The molecule has 0 aromatic carbocycles. The number of aliphatic hydroxyl groups is 2. The van der Waals surface area contributed by atoms with E-state index in [4.69, 9.17) is 15.0 Å². The van der Waals surface area contributed by atoms with Crippen molar-refractivity contribution in [2.75, 3.05) is 0 Å². The molecule has 0 aliphatic carbocycles. The van der Waals surface area contributed by atoms with Gasteiger partial charge >= 0.3 is 23.0 Å². The number of fused-ring (bicyclic) bond motifs is 8. The van der Waals surface area contributed by atoms with Crippen molar-refractivity contribution in [1.82, 2.24) is 19.5 Å². The van der Waals surface area contributed by atoms with Gasteiger partial charge in [-0.1, -0.05) is 84.2 Å². The molecule has 0 amide bonds. The van der Waals surface area contributed by atoms with E-state index < -0.39 is 11.9 Å². The topological polar surface area (TPSA) is 123 Å². The molecule has 3 N–H and O–H groups in total. The zero-order valence-electron chi connectivity index (χ0n) is 25.2. The molecular formula is C35H34FeN4O4+. The molecular weight excluding hydrogens is 596 g/mol. The van der Waals surface area contributed by atoms with Crippen molar-refractivity contribution in [3.63, 3.8) is 0 Å². The van der Waals surface area contributed by atoms with Crippen LogP contribution in [0.15, 0.2) is 55.5 Å². The summed E-state index contributed by atoms with van der Waals surface area (Å²) in [6, 6.07) is 7.73. The van der Waals surface area contributed by atoms with Gasteiger partial charge in [-0.15, -0.1) is 18.1 Å². The van der Waals surface area contributed by atoms with Crippen molar-refractivity contribution in [2.45, 2.75) is 47.0 Å². The van der Waals surface area contributed by atoms with E-state index in [1.54, 1.807) is 16.7 Å². The molecule has 0 fully saturated rings. The first-order valence-electron chi connectivity index (χ1n) is 13.9. The van der Waals surface area contributed by atoms with Crippen LogP contribution in [0.2, 0.25) is 0 Å². The Morgan fingerprint density at radius 2 is 1.52 bits per heavy atom. The van der Waals surface area contributed by atoms with Gasteiger partial charge in [0, 0.05) is 12.0 Å². The van der Waals surface area contributed by atoms with E-state index in [0.29, 0.717) is 28.8 Å². The van der Waals surface area contributed by atoms with Crippen LogP contribution in [-0.2, 0) is 28.3 Å². The van der Waals surface area contributed by atoms with Gasteiger partial charge in [0.15, 0.2) is 0 Å². The Labute approximate surface area is 267 Å². The zero-order chi connectivity index (χ0) is 31.2. The number of allylic oxidation sites excluding steroid dienone is 6. The van der Waals surface area contributed by atoms with Crippen LogP contribution in [0, 0.1) is 20.9 Å². The number of hydrogen-bond acceptors (Lipinski definition) is 5. The molecule has 0 spiro atoms. The fourth-order valence-electron chi connectivity index (χ4n) is 5.82. The predicted octanol–water partition coefficient (Wildman–Crippen LogP) is 7.73. The van der Waals surface area contributed by atoms with E-state index in [0.717, 1.165) is 67.0 Å². The normalized spacial score (nSPS) is 12.6. The molecule has 1 radical (unpaired) electrons. The Kier molecular flexibility index (Phi) is 9.14. The van der Waals surface area contributed by atoms with Gasteiger partial charge < -0.3 is 24.9 Å². The second-order valence-corrected chi connectivity index (χ2v) is 10.8. The molecule has 0 unspecified atom stereocenters. The fourth-order valence-corrected chi connectivity index (χ4v) is 5.82. The minimum absolute atomic E-state index is 0. The summed E-state index contributed by atoms with van der Waals surface area (Å²) in [7, 11) is 4.35. The van der Waals surface area contributed by atoms with Crippen molar-refractivity contribution in [2.24, 2.45) is 0 Å². The maximum Gasteiger partial charge on any atom is 3.00 e. The molecule has 0 atom stereocenters. The van der Waals surface area contributed by atoms with Crippen LogP contribution < -0.4 is 4.98 Å². The molecule has 0 saturated carbocycles. The summed E-state index contributed by atoms with van der Waals surface area (Å²) in [5.74, 6) is -1.67. The number of aliphatic carboxylic acids is 1. The smallest absolute Gasteiger partial charge is 0.657 e. The average molecular weight is 631 g/mol. The van der Waals surface area contributed by atoms with Gasteiger partial charge in [-0.3, -0.25) is 4.79 Å². The maximum atomic E-state index is 11.6. The predicted molar refractivity (Wildman–Crippen MR) is 173 cm³/mol. The van der Waals surface area contributed by atoms with E-state index in [1.165, 1.54) is 6.08 Å². The molecule has 8 bridgehead atoms. The summed E-state index contributed by atoms with van der Waals surface area (Å²) in [5, 5.41) is 28.6. The number of aromatic nitrogens is 4. The SMILES string of the molecule is C=CC1=C(C)c2cc3c(C)c(CC=C(O)O)c(cc4nc(cc5[n-]c(cc1n2)c(C)c5C=C)C(C)=C4CCC(=O)O)n3[CH2-].[Fe+3]. The number of carboxylic acid groups (broad SMARTS) is 1. The summed E-state index contributed by atoms with van der Waals surface area (Å²) in [4.78, 5) is 26.5. The van der Waals surface area contributed by atoms with Crippen LogP contribution in [0.25, 0.3) is 50.4 Å². The monoisotopic (exact) mass is 630 g/mol. The van der Waals surface area contributed by atoms with Gasteiger partial charge in [0.05, 0.1) is 22.8 Å². The minimum atomic E-state index is -0.897. The van der Waals surface area contributed by atoms with Crippen LogP contribution in [0.4, 0.5) is 0 Å². The van der Waals surface area contributed by atoms with Gasteiger partial charge in [0.2, 0.25) is 0 Å². The molecule has 2 aliphatic rings. The van der Waals surface area contributed by atoms with Crippen molar-refractivity contribution in [1.29, 1.82) is 0 Å². The van der Waals surface area contributed by atoms with Crippen LogP contribution >= 0.6 is 0 Å². The summed E-state index contributed by atoms with van der Waals surface area (Å²) in [5.41, 5.74) is 12.9. The minimum Gasteiger partial charge on any atom is -0.657 e. The number of nitrogens with zero attached hydrogens (tertiary/aromatic N) is 4. The first-order chi connectivity index (χ1) is 20.4. The molecule has 225 valence electrons. The largest absolute Gasteiger partial charge is 3.00 e. The van der Waals surface area contributed by atoms with Gasteiger partial charge in [-0.25, -0.2) is 9.97 Å². The second-order valence-electron chi connectivity index (χ2n) is 10.8. The Morgan fingerprint density at radius 1 is 0.886 bits per heavy atom. The molecule has 3 aromatic heterocycles. The van der Waals surface area contributed by atoms with Gasteiger partial charge in [0.1, 0.15) is 0 Å². The Hall–Kier alpha value is -4.72. The third-order valence-corrected chi connectivity index (χ3v) is 8.30. The standard InChI is InChI=1S/C35H35N4O4.Fe/c1-8-22-18(3)26-14-30-23(9-2)19(4)28(38-30)16-32-21(6)25(11-13-35(42)43)33(39(32)7)17-31-24(10-12-34(40)41)20(5)27(37-31)15-29(22)36-26;/h8-9,13-17H,1-2,7,10-12H2,3-6H3,(H4,36,37,38,40,41,42,43);/q-1;+3/p-1. The van der Waals surface area contributed by atoms with Crippen LogP contribution in [-0.4, -0.2) is 35.8 Å². The zero-order valence-corrected chi connectivity index (χ0v) is 26.3. The molecule has 9 heteroatoms. The fraction of sp³-hybridized carbons (Fsp3) is 0.200. The van der Waals surface area contributed by atoms with E-state index in [-0.39, 0.29) is 29.9 Å². The number of aliphatic hydroxyl groups excluding tert-OH is 1. The molecule has 3 aromatic rings. The molecule has 2 aliphatic heterocycles. The van der Waals surface area contributed by atoms with E-state index in [2.05, 4.69) is 20.2 Å². The van der Waals surface area contributed by atoms with Crippen molar-refractivity contribution >= 4 is 56.4 Å². The molecule has 8 nitrogen and oxygen atoms in total. The molecule has 5 rings (SSSR count). The summed E-state index contributed by atoms with van der Waals surface area (Å²) >= 11 is 0. The second kappa shape index (κ2) is 12.5. The van der Waals surface area contributed by atoms with Crippen LogP contribution in [0.5, 0.6) is 0 Å². The van der Waals surface area contributed by atoms with Crippen molar-refractivity contribution in [3.8, 4) is 0 Å². The Balaban J connectivity index is 0.00000442. The van der Waals surface area contributed by atoms with Gasteiger partial charge in [0.25, 0.3) is 5.95 Å². The molecule has 5 heterocycles. The van der Waals surface area contributed by atoms with Crippen LogP contribution in [0.1, 0.15) is 71.7 Å². The number of carbonyl (C=O) groups is 1. The number of rotatable bonds is 7. The number of carboxylic acids is 1. The van der Waals surface area contributed by atoms with Gasteiger partial charge in [-0.05, 0) is 62.0 Å². The Bertz CT molecular complexity index is 1980. The Morgan fingerprint density at radius 3 is 2.16 bits per heavy atom. The molecule has 0 saturated heterocycles. The van der Waals surface area contributed by atoms with Crippen molar-refractivity contribution < 1.29 is 37.2 Å². The first kappa shape index (κ1) is 32.2. The van der Waals surface area contributed by atoms with E-state index >= 15 is 0 Å². The van der Waals surface area contributed by atoms with E-state index in [1.807, 2.05) is 52.0 Å². The van der Waals surface area contributed by atoms with Crippen molar-refractivity contribution in [3.05, 3.63) is 108 Å². The number of hydrogen-bond donors (Lipinski definition) is 3. The van der Waals surface area contributed by atoms with E-state index in [9.17, 15) is 20.1 Å². The third kappa shape index (κ3) is 5.64. The number of aryl methyl sites for hydroxylation is 2. The third-order valence-electron chi connectivity index (χ3n) is 8.30.